The van der Waals surface area contributed by atoms with E-state index < -0.39 is 10.2 Å². The molecule has 0 atom stereocenters. The smallest absolute Gasteiger partial charge is 0.301 e. The van der Waals surface area contributed by atoms with E-state index in [2.05, 4.69) is 20.2 Å². The minimum Gasteiger partial charge on any atom is -0.308 e. The highest BCUT2D eigenvalue weighted by molar-refractivity contribution is 7.90. The summed E-state index contributed by atoms with van der Waals surface area (Å²) < 4.78 is 27.7. The molecule has 0 bridgehead atoms. The molecule has 1 saturated carbocycles. The van der Waals surface area contributed by atoms with Gasteiger partial charge in [0.25, 0.3) is 0 Å². The average Bonchev–Trinajstić information content (AvgIpc) is 3.44. The van der Waals surface area contributed by atoms with Crippen molar-refractivity contribution in [1.82, 2.24) is 14.5 Å². The number of amides is 1. The topological polar surface area (TPSA) is 107 Å². The number of rotatable bonds is 6. The lowest BCUT2D eigenvalue weighted by atomic mass is 10.0. The van der Waals surface area contributed by atoms with Gasteiger partial charge in [-0.05, 0) is 48.2 Å². The van der Waals surface area contributed by atoms with Crippen molar-refractivity contribution in [2.24, 2.45) is 5.92 Å². The zero-order valence-electron chi connectivity index (χ0n) is 15.6. The average molecular weight is 399 g/mol. The van der Waals surface area contributed by atoms with Crippen LogP contribution in [-0.2, 0) is 15.0 Å². The number of benzene rings is 2. The minimum absolute atomic E-state index is 0.0124. The highest BCUT2D eigenvalue weighted by Gasteiger charge is 2.30. The fourth-order valence-corrected chi connectivity index (χ4v) is 3.47. The summed E-state index contributed by atoms with van der Waals surface area (Å²) in [4.78, 5) is 12.0. The number of aromatic amines is 1. The molecule has 1 aliphatic carbocycles. The van der Waals surface area contributed by atoms with E-state index >= 15 is 0 Å². The molecule has 1 fully saturated rings. The summed E-state index contributed by atoms with van der Waals surface area (Å²) in [5.41, 5.74) is 3.04. The minimum atomic E-state index is -3.57. The molecule has 1 amide bonds. The van der Waals surface area contributed by atoms with Crippen LogP contribution in [-0.4, -0.2) is 42.9 Å². The summed E-state index contributed by atoms with van der Waals surface area (Å²) in [6.07, 6.45) is 1.87. The first-order chi connectivity index (χ1) is 13.3. The molecule has 0 spiro atoms. The number of carbonyl (C=O) groups excluding carboxylic acids is 1. The number of hydrogen-bond donors (Lipinski definition) is 3. The van der Waals surface area contributed by atoms with Crippen LogP contribution in [0.1, 0.15) is 12.8 Å². The van der Waals surface area contributed by atoms with Gasteiger partial charge in [-0.1, -0.05) is 18.2 Å². The number of fused-ring (bicyclic) bond motifs is 1. The van der Waals surface area contributed by atoms with E-state index in [9.17, 15) is 13.2 Å². The van der Waals surface area contributed by atoms with Crippen molar-refractivity contribution in [2.75, 3.05) is 24.1 Å². The quantitative estimate of drug-likeness (QED) is 0.592. The Labute approximate surface area is 163 Å². The normalized spacial score (nSPS) is 14.4. The predicted octanol–water partition coefficient (Wildman–Crippen LogP) is 2.80. The van der Waals surface area contributed by atoms with Crippen LogP contribution >= 0.6 is 0 Å². The summed E-state index contributed by atoms with van der Waals surface area (Å²) in [6, 6.07) is 12.9. The molecule has 0 aliphatic heterocycles. The van der Waals surface area contributed by atoms with Gasteiger partial charge in [-0.2, -0.15) is 17.8 Å². The molecular formula is C19H21N5O3S. The van der Waals surface area contributed by atoms with E-state index in [0.29, 0.717) is 11.5 Å². The Bertz CT molecular complexity index is 1150. The van der Waals surface area contributed by atoms with Gasteiger partial charge in [0.05, 0.1) is 11.2 Å². The number of H-pyrrole nitrogens is 1. The standard InChI is InChI=1S/C19H21N5O3S/c1-24(2)28(26,27)23-15-5-3-4-13(10-15)14-8-9-16-17(11-14)21-22-18(16)20-19(25)12-6-7-12/h3-5,8-12,23H,6-7H2,1-2H3,(H2,20,21,22,25). The molecule has 0 radical (unpaired) electrons. The van der Waals surface area contributed by atoms with Crippen LogP contribution in [0.15, 0.2) is 42.5 Å². The van der Waals surface area contributed by atoms with Crippen molar-refractivity contribution >= 4 is 38.5 Å². The maximum atomic E-state index is 12.0. The fraction of sp³-hybridized carbons (Fsp3) is 0.263. The van der Waals surface area contributed by atoms with Gasteiger partial charge < -0.3 is 5.32 Å². The number of carbonyl (C=O) groups is 1. The molecule has 1 heterocycles. The second-order valence-corrected chi connectivity index (χ2v) is 8.95. The van der Waals surface area contributed by atoms with E-state index in [-0.39, 0.29) is 11.8 Å². The monoisotopic (exact) mass is 399 g/mol. The van der Waals surface area contributed by atoms with Gasteiger partial charge in [0.1, 0.15) is 0 Å². The predicted molar refractivity (Wildman–Crippen MR) is 109 cm³/mol. The first-order valence-corrected chi connectivity index (χ1v) is 10.4. The van der Waals surface area contributed by atoms with Gasteiger partial charge in [-0.25, -0.2) is 0 Å². The maximum absolute atomic E-state index is 12.0. The lowest BCUT2D eigenvalue weighted by Gasteiger charge is -2.14. The van der Waals surface area contributed by atoms with Crippen molar-refractivity contribution in [2.45, 2.75) is 12.8 Å². The highest BCUT2D eigenvalue weighted by Crippen LogP contribution is 2.32. The number of aromatic nitrogens is 2. The zero-order chi connectivity index (χ0) is 19.9. The van der Waals surface area contributed by atoms with Gasteiger partial charge in [0.2, 0.25) is 5.91 Å². The highest BCUT2D eigenvalue weighted by atomic mass is 32.2. The molecular weight excluding hydrogens is 378 g/mol. The Balaban J connectivity index is 1.61. The first-order valence-electron chi connectivity index (χ1n) is 8.93. The molecule has 0 saturated heterocycles. The Morgan fingerprint density at radius 3 is 2.61 bits per heavy atom. The summed E-state index contributed by atoms with van der Waals surface area (Å²) >= 11 is 0. The summed E-state index contributed by atoms with van der Waals surface area (Å²) in [7, 11) is -0.628. The third kappa shape index (κ3) is 3.71. The molecule has 1 aromatic heterocycles. The molecule has 0 unspecified atom stereocenters. The summed E-state index contributed by atoms with van der Waals surface area (Å²) in [5, 5.41) is 10.9. The van der Waals surface area contributed by atoms with E-state index in [0.717, 1.165) is 39.2 Å². The van der Waals surface area contributed by atoms with Crippen LogP contribution in [0.25, 0.3) is 22.0 Å². The largest absolute Gasteiger partial charge is 0.308 e. The molecule has 4 rings (SSSR count). The Morgan fingerprint density at radius 1 is 1.14 bits per heavy atom. The van der Waals surface area contributed by atoms with Gasteiger partial charge in [-0.15, -0.1) is 0 Å². The molecule has 9 heteroatoms. The second-order valence-electron chi connectivity index (χ2n) is 7.07. The van der Waals surface area contributed by atoms with E-state index in [1.165, 1.54) is 14.1 Å². The van der Waals surface area contributed by atoms with Crippen LogP contribution in [0, 0.1) is 5.92 Å². The molecule has 28 heavy (non-hydrogen) atoms. The van der Waals surface area contributed by atoms with Crippen molar-refractivity contribution in [3.05, 3.63) is 42.5 Å². The van der Waals surface area contributed by atoms with Gasteiger partial charge in [0.15, 0.2) is 5.82 Å². The van der Waals surface area contributed by atoms with Gasteiger partial charge >= 0.3 is 10.2 Å². The summed E-state index contributed by atoms with van der Waals surface area (Å²) in [6.45, 7) is 0. The Morgan fingerprint density at radius 2 is 1.89 bits per heavy atom. The second kappa shape index (κ2) is 6.92. The number of nitrogens with zero attached hydrogens (tertiary/aromatic N) is 2. The van der Waals surface area contributed by atoms with Crippen molar-refractivity contribution in [3.8, 4) is 11.1 Å². The van der Waals surface area contributed by atoms with E-state index in [1.54, 1.807) is 18.2 Å². The van der Waals surface area contributed by atoms with E-state index in [4.69, 9.17) is 0 Å². The lowest BCUT2D eigenvalue weighted by Crippen LogP contribution is -2.28. The van der Waals surface area contributed by atoms with Crippen LogP contribution in [0.4, 0.5) is 11.5 Å². The molecule has 1 aliphatic rings. The molecule has 146 valence electrons. The van der Waals surface area contributed by atoms with Crippen LogP contribution < -0.4 is 10.0 Å². The van der Waals surface area contributed by atoms with Crippen molar-refractivity contribution in [1.29, 1.82) is 0 Å². The molecule has 8 nitrogen and oxygen atoms in total. The third-order valence-electron chi connectivity index (χ3n) is 4.68. The Hall–Kier alpha value is -2.91. The number of nitrogens with one attached hydrogen (secondary N) is 3. The first kappa shape index (κ1) is 18.5. The van der Waals surface area contributed by atoms with Gasteiger partial charge in [0, 0.05) is 25.4 Å². The van der Waals surface area contributed by atoms with Gasteiger partial charge in [-0.3, -0.25) is 14.6 Å². The fourth-order valence-electron chi connectivity index (χ4n) is 2.86. The van der Waals surface area contributed by atoms with Crippen molar-refractivity contribution in [3.63, 3.8) is 0 Å². The third-order valence-corrected chi connectivity index (χ3v) is 6.13. The van der Waals surface area contributed by atoms with E-state index in [1.807, 2.05) is 24.3 Å². The van der Waals surface area contributed by atoms with Crippen LogP contribution in [0.2, 0.25) is 0 Å². The zero-order valence-corrected chi connectivity index (χ0v) is 16.4. The number of hydrogen-bond acceptors (Lipinski definition) is 4. The Kier molecular flexibility index (Phi) is 4.56. The maximum Gasteiger partial charge on any atom is 0.301 e. The molecule has 3 N–H and O–H groups in total. The SMILES string of the molecule is CN(C)S(=O)(=O)Nc1cccc(-c2ccc3c(NC(=O)C4CC4)n[nH]c3c2)c1. The lowest BCUT2D eigenvalue weighted by molar-refractivity contribution is -0.117. The van der Waals surface area contributed by atoms with Crippen LogP contribution in [0.3, 0.4) is 0 Å². The van der Waals surface area contributed by atoms with Crippen LogP contribution in [0.5, 0.6) is 0 Å². The molecule has 2 aromatic carbocycles. The number of anilines is 2. The van der Waals surface area contributed by atoms with Crippen molar-refractivity contribution < 1.29 is 13.2 Å². The molecule has 3 aromatic rings. The summed E-state index contributed by atoms with van der Waals surface area (Å²) in [5.74, 6) is 0.656.